The molecule has 0 radical (unpaired) electrons. The molecule has 0 aliphatic heterocycles. The van der Waals surface area contributed by atoms with E-state index >= 15 is 0 Å². The Morgan fingerprint density at radius 1 is 0.650 bits per heavy atom. The Hall–Kier alpha value is 0. The Morgan fingerprint density at radius 2 is 1.05 bits per heavy atom. The lowest BCUT2D eigenvalue weighted by atomic mass is 9.60. The highest BCUT2D eigenvalue weighted by atomic mass is 14.4. The number of hydrogen-bond donors (Lipinski definition) is 0. The van der Waals surface area contributed by atoms with E-state index in [1.807, 2.05) is 0 Å². The predicted octanol–water partition coefficient (Wildman–Crippen LogP) is 6.69. The van der Waals surface area contributed by atoms with E-state index < -0.39 is 0 Å². The lowest BCUT2D eigenvalue weighted by Gasteiger charge is -2.45. The fraction of sp³-hybridized carbons (Fsp3) is 1.00. The average molecular weight is 279 g/mol. The van der Waals surface area contributed by atoms with Crippen LogP contribution in [0.5, 0.6) is 0 Å². The highest BCUT2D eigenvalue weighted by Gasteiger charge is 2.38. The van der Waals surface area contributed by atoms with Crippen molar-refractivity contribution < 1.29 is 0 Å². The first-order valence-electron chi connectivity index (χ1n) is 9.65. The van der Waals surface area contributed by atoms with Crippen molar-refractivity contribution in [3.8, 4) is 0 Å². The van der Waals surface area contributed by atoms with Gasteiger partial charge >= 0.3 is 0 Å². The highest BCUT2D eigenvalue weighted by Crippen LogP contribution is 2.48. The maximum atomic E-state index is 2.56. The van der Waals surface area contributed by atoms with Gasteiger partial charge in [-0.2, -0.15) is 0 Å². The first-order valence-corrected chi connectivity index (χ1v) is 9.65. The van der Waals surface area contributed by atoms with Gasteiger partial charge in [-0.1, -0.05) is 79.1 Å². The summed E-state index contributed by atoms with van der Waals surface area (Å²) in [5.74, 6) is 6.21. The average Bonchev–Trinajstić information content (AvgIpc) is 2.44. The van der Waals surface area contributed by atoms with Crippen LogP contribution < -0.4 is 0 Å². The van der Waals surface area contributed by atoms with Gasteiger partial charge in [-0.3, -0.25) is 0 Å². The van der Waals surface area contributed by atoms with Gasteiger partial charge in [0.1, 0.15) is 0 Å². The minimum atomic E-state index is 0.996. The molecule has 20 heavy (non-hydrogen) atoms. The molecule has 0 aromatic heterocycles. The van der Waals surface area contributed by atoms with Crippen LogP contribution in [0.2, 0.25) is 0 Å². The normalized spacial score (nSPS) is 42.6. The quantitative estimate of drug-likeness (QED) is 0.525. The molecule has 0 heterocycles. The van der Waals surface area contributed by atoms with Gasteiger partial charge in [-0.25, -0.2) is 0 Å². The van der Waals surface area contributed by atoms with Crippen molar-refractivity contribution in [3.63, 3.8) is 0 Å². The van der Waals surface area contributed by atoms with Crippen molar-refractivity contribution in [3.05, 3.63) is 0 Å². The van der Waals surface area contributed by atoms with Gasteiger partial charge in [0.2, 0.25) is 0 Å². The molecule has 6 atom stereocenters. The van der Waals surface area contributed by atoms with Crippen molar-refractivity contribution in [1.82, 2.24) is 0 Å². The summed E-state index contributed by atoms with van der Waals surface area (Å²) in [6, 6.07) is 0. The van der Waals surface area contributed by atoms with Crippen molar-refractivity contribution >= 4 is 0 Å². The summed E-state index contributed by atoms with van der Waals surface area (Å²) in [5, 5.41) is 0. The van der Waals surface area contributed by atoms with Gasteiger partial charge in [0, 0.05) is 0 Å². The Morgan fingerprint density at radius 3 is 1.40 bits per heavy atom. The molecular formula is C20H38. The zero-order valence-electron chi connectivity index (χ0n) is 14.5. The zero-order valence-corrected chi connectivity index (χ0v) is 14.5. The standard InChI is InChI=1S/C20H38/c1-5-7-17-11-9-15(3)19(13-17)20-14-18(8-6-2)12-10-16(20)4/h15-20H,5-14H2,1-4H3. The van der Waals surface area contributed by atoms with E-state index in [9.17, 15) is 0 Å². The van der Waals surface area contributed by atoms with Gasteiger partial charge in [0.15, 0.2) is 0 Å². The van der Waals surface area contributed by atoms with Gasteiger partial charge < -0.3 is 0 Å². The predicted molar refractivity (Wildman–Crippen MR) is 89.8 cm³/mol. The van der Waals surface area contributed by atoms with Gasteiger partial charge in [-0.15, -0.1) is 0 Å². The molecule has 2 aliphatic carbocycles. The third-order valence-corrected chi connectivity index (χ3v) is 6.68. The van der Waals surface area contributed by atoms with E-state index in [4.69, 9.17) is 0 Å². The van der Waals surface area contributed by atoms with Crippen molar-refractivity contribution in [1.29, 1.82) is 0 Å². The smallest absolute Gasteiger partial charge is 0.0355 e. The molecule has 0 amide bonds. The van der Waals surface area contributed by atoms with Crippen LogP contribution in [0.1, 0.15) is 91.9 Å². The zero-order chi connectivity index (χ0) is 14.5. The summed E-state index contributed by atoms with van der Waals surface area (Å²) in [6.07, 6.45) is 14.9. The van der Waals surface area contributed by atoms with E-state index in [1.54, 1.807) is 12.8 Å². The lowest BCUT2D eigenvalue weighted by Crippen LogP contribution is -2.36. The largest absolute Gasteiger partial charge is 0.0654 e. The van der Waals surface area contributed by atoms with Crippen LogP contribution in [0.15, 0.2) is 0 Å². The van der Waals surface area contributed by atoms with Crippen molar-refractivity contribution in [2.45, 2.75) is 91.9 Å². The second kappa shape index (κ2) is 7.85. The summed E-state index contributed by atoms with van der Waals surface area (Å²) in [6.45, 7) is 9.85. The molecule has 0 aromatic carbocycles. The minimum absolute atomic E-state index is 0.996. The van der Waals surface area contributed by atoms with Crippen molar-refractivity contribution in [2.24, 2.45) is 35.5 Å². The maximum absolute atomic E-state index is 2.56. The fourth-order valence-corrected chi connectivity index (χ4v) is 5.43. The summed E-state index contributed by atoms with van der Waals surface area (Å²) in [7, 11) is 0. The van der Waals surface area contributed by atoms with Crippen LogP contribution in [0.3, 0.4) is 0 Å². The number of hydrogen-bond acceptors (Lipinski definition) is 0. The first kappa shape index (κ1) is 16.4. The molecule has 0 spiro atoms. The summed E-state index contributed by atoms with van der Waals surface area (Å²) < 4.78 is 0. The van der Waals surface area contributed by atoms with Gasteiger partial charge in [0.25, 0.3) is 0 Å². The van der Waals surface area contributed by atoms with E-state index in [2.05, 4.69) is 27.7 Å². The second-order valence-corrected chi connectivity index (χ2v) is 8.22. The molecule has 0 nitrogen and oxygen atoms in total. The van der Waals surface area contributed by atoms with E-state index in [1.165, 1.54) is 51.4 Å². The third kappa shape index (κ3) is 4.01. The molecular weight excluding hydrogens is 240 g/mol. The topological polar surface area (TPSA) is 0 Å². The maximum Gasteiger partial charge on any atom is -0.0355 e. The van der Waals surface area contributed by atoms with E-state index in [0.29, 0.717) is 0 Å². The molecule has 2 rings (SSSR count). The van der Waals surface area contributed by atoms with Crippen LogP contribution in [0, 0.1) is 35.5 Å². The molecule has 0 bridgehead atoms. The van der Waals surface area contributed by atoms with Crippen LogP contribution >= 0.6 is 0 Å². The molecule has 2 fully saturated rings. The Labute approximate surface area is 128 Å². The molecule has 0 aromatic rings. The SMILES string of the molecule is CCCC1CCC(C)C(C2CC(CCC)CCC2C)C1. The molecule has 6 unspecified atom stereocenters. The second-order valence-electron chi connectivity index (χ2n) is 8.22. The molecule has 0 saturated heterocycles. The molecule has 0 heteroatoms. The van der Waals surface area contributed by atoms with Gasteiger partial charge in [-0.05, 0) is 48.3 Å². The Balaban J connectivity index is 1.98. The fourth-order valence-electron chi connectivity index (χ4n) is 5.43. The summed E-state index contributed by atoms with van der Waals surface area (Å²) >= 11 is 0. The molecule has 0 N–H and O–H groups in total. The van der Waals surface area contributed by atoms with E-state index in [0.717, 1.165) is 35.5 Å². The van der Waals surface area contributed by atoms with E-state index in [-0.39, 0.29) is 0 Å². The highest BCUT2D eigenvalue weighted by molar-refractivity contribution is 4.88. The van der Waals surface area contributed by atoms with Crippen molar-refractivity contribution in [2.75, 3.05) is 0 Å². The molecule has 2 saturated carbocycles. The Bertz CT molecular complexity index is 241. The lowest BCUT2D eigenvalue weighted by molar-refractivity contribution is 0.0493. The third-order valence-electron chi connectivity index (χ3n) is 6.68. The first-order chi connectivity index (χ1) is 9.65. The summed E-state index contributed by atoms with van der Waals surface area (Å²) in [4.78, 5) is 0. The van der Waals surface area contributed by atoms with Crippen LogP contribution in [0.25, 0.3) is 0 Å². The minimum Gasteiger partial charge on any atom is -0.0654 e. The van der Waals surface area contributed by atoms with Gasteiger partial charge in [0.05, 0.1) is 0 Å². The monoisotopic (exact) mass is 278 g/mol. The molecule has 118 valence electrons. The van der Waals surface area contributed by atoms with Crippen LogP contribution in [-0.4, -0.2) is 0 Å². The number of rotatable bonds is 5. The molecule has 2 aliphatic rings. The summed E-state index contributed by atoms with van der Waals surface area (Å²) in [5.41, 5.74) is 0. The van der Waals surface area contributed by atoms with Crippen LogP contribution in [0.4, 0.5) is 0 Å². The Kier molecular flexibility index (Phi) is 6.43. The van der Waals surface area contributed by atoms with Crippen LogP contribution in [-0.2, 0) is 0 Å².